The van der Waals surface area contributed by atoms with Crippen LogP contribution in [0.1, 0.15) is 16.1 Å². The number of rotatable bonds is 1. The number of carbonyl (C=O) groups is 1. The highest BCUT2D eigenvalue weighted by Crippen LogP contribution is 2.15. The van der Waals surface area contributed by atoms with Crippen molar-refractivity contribution in [1.29, 1.82) is 0 Å². The molecule has 0 aliphatic carbocycles. The first-order chi connectivity index (χ1) is 5.11. The number of aromatic nitrogens is 1. The zero-order valence-electron chi connectivity index (χ0n) is 5.77. The van der Waals surface area contributed by atoms with Crippen LogP contribution in [-0.4, -0.2) is 10.2 Å². The number of hydrogen-bond donors (Lipinski definition) is 0. The number of aryl methyl sites for hydroxylation is 1. The maximum Gasteiger partial charge on any atom is 0.270 e. The molecule has 2 nitrogen and oxygen atoms in total. The molecule has 0 aromatic carbocycles. The highest BCUT2D eigenvalue weighted by molar-refractivity contribution is 9.10. The summed E-state index contributed by atoms with van der Waals surface area (Å²) in [5.41, 5.74) is 1.23. The molecule has 0 unspecified atom stereocenters. The molecule has 0 N–H and O–H groups in total. The average molecular weight is 234 g/mol. The molecule has 11 heavy (non-hydrogen) atoms. The van der Waals surface area contributed by atoms with Crippen molar-refractivity contribution in [2.75, 3.05) is 0 Å². The van der Waals surface area contributed by atoms with Gasteiger partial charge in [0.1, 0.15) is 5.69 Å². The minimum atomic E-state index is -0.527. The third-order valence-corrected chi connectivity index (χ3v) is 2.27. The summed E-state index contributed by atoms with van der Waals surface area (Å²) in [5.74, 6) is 0. The van der Waals surface area contributed by atoms with Gasteiger partial charge in [-0.25, -0.2) is 0 Å². The molecule has 0 aliphatic rings. The van der Waals surface area contributed by atoms with Crippen molar-refractivity contribution in [3.05, 3.63) is 28.0 Å². The summed E-state index contributed by atoms with van der Waals surface area (Å²) in [6.45, 7) is 1.87. The van der Waals surface area contributed by atoms with Crippen molar-refractivity contribution in [3.63, 3.8) is 0 Å². The summed E-state index contributed by atoms with van der Waals surface area (Å²) >= 11 is 8.47. The third kappa shape index (κ3) is 2.01. The van der Waals surface area contributed by atoms with Gasteiger partial charge in [-0.3, -0.25) is 9.78 Å². The van der Waals surface area contributed by atoms with Crippen molar-refractivity contribution < 1.29 is 4.79 Å². The third-order valence-electron chi connectivity index (χ3n) is 1.25. The molecule has 0 bridgehead atoms. The smallest absolute Gasteiger partial charge is 0.270 e. The molecular weight excluding hydrogens is 229 g/mol. The number of pyridine rings is 1. The molecule has 0 radical (unpaired) electrons. The van der Waals surface area contributed by atoms with E-state index in [1.165, 1.54) is 0 Å². The number of hydrogen-bond acceptors (Lipinski definition) is 2. The zero-order valence-corrected chi connectivity index (χ0v) is 8.11. The van der Waals surface area contributed by atoms with E-state index >= 15 is 0 Å². The van der Waals surface area contributed by atoms with Crippen LogP contribution in [0.3, 0.4) is 0 Å². The normalized spacial score (nSPS) is 9.73. The molecule has 0 saturated carbocycles. The molecule has 1 heterocycles. The molecule has 1 aromatic rings. The van der Waals surface area contributed by atoms with Gasteiger partial charge in [-0.15, -0.1) is 0 Å². The van der Waals surface area contributed by atoms with Gasteiger partial charge in [0.15, 0.2) is 0 Å². The zero-order chi connectivity index (χ0) is 8.43. The van der Waals surface area contributed by atoms with Gasteiger partial charge in [-0.2, -0.15) is 0 Å². The first-order valence-electron chi connectivity index (χ1n) is 2.93. The summed E-state index contributed by atoms with van der Waals surface area (Å²) < 4.78 is 0.874. The fourth-order valence-electron chi connectivity index (χ4n) is 0.647. The van der Waals surface area contributed by atoms with E-state index in [-0.39, 0.29) is 5.69 Å². The minimum absolute atomic E-state index is 0.285. The lowest BCUT2D eigenvalue weighted by atomic mass is 10.2. The Labute approximate surface area is 77.7 Å². The van der Waals surface area contributed by atoms with Gasteiger partial charge in [0.25, 0.3) is 5.24 Å². The fourth-order valence-corrected chi connectivity index (χ4v) is 0.967. The number of nitrogens with zero attached hydrogens (tertiary/aromatic N) is 1. The Morgan fingerprint density at radius 1 is 1.73 bits per heavy atom. The molecule has 0 spiro atoms. The summed E-state index contributed by atoms with van der Waals surface area (Å²) in [4.78, 5) is 14.4. The average Bonchev–Trinajstić information content (AvgIpc) is 1.94. The molecule has 0 atom stereocenters. The summed E-state index contributed by atoms with van der Waals surface area (Å²) in [7, 11) is 0. The van der Waals surface area contributed by atoms with Crippen LogP contribution in [0.5, 0.6) is 0 Å². The van der Waals surface area contributed by atoms with Gasteiger partial charge in [-0.1, -0.05) is 0 Å². The van der Waals surface area contributed by atoms with E-state index in [2.05, 4.69) is 20.9 Å². The van der Waals surface area contributed by atoms with Crippen LogP contribution < -0.4 is 0 Å². The largest absolute Gasteiger partial charge is 0.274 e. The minimum Gasteiger partial charge on any atom is -0.274 e. The first kappa shape index (κ1) is 8.68. The molecule has 1 aromatic heterocycles. The van der Waals surface area contributed by atoms with Gasteiger partial charge in [0, 0.05) is 10.7 Å². The second kappa shape index (κ2) is 3.32. The van der Waals surface area contributed by atoms with Crippen LogP contribution >= 0.6 is 27.5 Å². The van der Waals surface area contributed by atoms with Gasteiger partial charge in [-0.05, 0) is 46.1 Å². The van der Waals surface area contributed by atoms with Gasteiger partial charge in [0.2, 0.25) is 0 Å². The van der Waals surface area contributed by atoms with Crippen molar-refractivity contribution >= 4 is 32.8 Å². The lowest BCUT2D eigenvalue weighted by Crippen LogP contribution is -1.94. The van der Waals surface area contributed by atoms with Gasteiger partial charge >= 0.3 is 0 Å². The lowest BCUT2D eigenvalue weighted by molar-refractivity contribution is 0.107. The maximum atomic E-state index is 10.6. The van der Waals surface area contributed by atoms with Crippen LogP contribution in [0, 0.1) is 6.92 Å². The van der Waals surface area contributed by atoms with Crippen molar-refractivity contribution in [2.24, 2.45) is 0 Å². The second-order valence-corrected chi connectivity index (χ2v) is 3.29. The predicted octanol–water partition coefficient (Wildman–Crippen LogP) is 2.53. The first-order valence-corrected chi connectivity index (χ1v) is 4.10. The molecule has 0 fully saturated rings. The standard InChI is InChI=1S/C7H5BrClNO/c1-4-2-6(7(9)11)10-3-5(4)8/h2-3H,1H3. The summed E-state index contributed by atoms with van der Waals surface area (Å²) in [5, 5.41) is -0.527. The van der Waals surface area contributed by atoms with E-state index in [0.717, 1.165) is 10.0 Å². The molecule has 0 aliphatic heterocycles. The fraction of sp³-hybridized carbons (Fsp3) is 0.143. The topological polar surface area (TPSA) is 30.0 Å². The van der Waals surface area contributed by atoms with Crippen molar-refractivity contribution in [1.82, 2.24) is 4.98 Å². The van der Waals surface area contributed by atoms with E-state index in [1.54, 1.807) is 12.3 Å². The van der Waals surface area contributed by atoms with E-state index < -0.39 is 5.24 Å². The second-order valence-electron chi connectivity index (χ2n) is 2.09. The van der Waals surface area contributed by atoms with E-state index in [1.807, 2.05) is 6.92 Å². The summed E-state index contributed by atoms with van der Waals surface area (Å²) in [6, 6.07) is 1.64. The lowest BCUT2D eigenvalue weighted by Gasteiger charge is -1.97. The number of halogens is 2. The Balaban J connectivity index is 3.15. The predicted molar refractivity (Wildman–Crippen MR) is 46.9 cm³/mol. The van der Waals surface area contributed by atoms with E-state index in [9.17, 15) is 4.79 Å². The van der Waals surface area contributed by atoms with E-state index in [4.69, 9.17) is 11.6 Å². The molecule has 0 saturated heterocycles. The Morgan fingerprint density at radius 2 is 2.36 bits per heavy atom. The Morgan fingerprint density at radius 3 is 2.82 bits per heavy atom. The van der Waals surface area contributed by atoms with E-state index in [0.29, 0.717) is 0 Å². The van der Waals surface area contributed by atoms with Crippen LogP contribution in [-0.2, 0) is 0 Å². The monoisotopic (exact) mass is 233 g/mol. The van der Waals surface area contributed by atoms with Crippen LogP contribution in [0.25, 0.3) is 0 Å². The Kier molecular flexibility index (Phi) is 2.62. The molecule has 4 heteroatoms. The van der Waals surface area contributed by atoms with Crippen molar-refractivity contribution in [3.8, 4) is 0 Å². The molecular formula is C7H5BrClNO. The van der Waals surface area contributed by atoms with Crippen molar-refractivity contribution in [2.45, 2.75) is 6.92 Å². The molecule has 0 amide bonds. The summed E-state index contributed by atoms with van der Waals surface area (Å²) in [6.07, 6.45) is 1.56. The highest BCUT2D eigenvalue weighted by Gasteiger charge is 2.04. The van der Waals surface area contributed by atoms with Crippen LogP contribution in [0.2, 0.25) is 0 Å². The Bertz CT molecular complexity index is 300. The van der Waals surface area contributed by atoms with Gasteiger partial charge in [0.05, 0.1) is 0 Å². The maximum absolute atomic E-state index is 10.6. The van der Waals surface area contributed by atoms with Gasteiger partial charge < -0.3 is 0 Å². The molecule has 58 valence electrons. The number of carbonyl (C=O) groups excluding carboxylic acids is 1. The highest BCUT2D eigenvalue weighted by atomic mass is 79.9. The van der Waals surface area contributed by atoms with Crippen LogP contribution in [0.4, 0.5) is 0 Å². The van der Waals surface area contributed by atoms with Crippen LogP contribution in [0.15, 0.2) is 16.7 Å². The molecule has 1 rings (SSSR count). The Hall–Kier alpha value is -0.410. The quantitative estimate of drug-likeness (QED) is 0.699. The SMILES string of the molecule is Cc1cc(C(=O)Cl)ncc1Br.